The van der Waals surface area contributed by atoms with Gasteiger partial charge in [-0.15, -0.1) is 0 Å². The third-order valence-electron chi connectivity index (χ3n) is 4.09. The maximum absolute atomic E-state index is 10.7. The van der Waals surface area contributed by atoms with Gasteiger partial charge in [-0.3, -0.25) is 9.59 Å². The van der Waals surface area contributed by atoms with Crippen molar-refractivity contribution in [2.75, 3.05) is 0 Å². The lowest BCUT2D eigenvalue weighted by Crippen LogP contribution is -1.99. The first-order valence-corrected chi connectivity index (χ1v) is 6.29. The fourth-order valence-corrected chi connectivity index (χ4v) is 2.84. The van der Waals surface area contributed by atoms with Crippen LogP contribution in [-0.4, -0.2) is 22.2 Å². The van der Waals surface area contributed by atoms with Crippen LogP contribution in [0.3, 0.4) is 0 Å². The van der Waals surface area contributed by atoms with Crippen LogP contribution < -0.4 is 0 Å². The van der Waals surface area contributed by atoms with E-state index in [0.29, 0.717) is 11.8 Å². The first-order chi connectivity index (χ1) is 7.85. The molecule has 4 heteroatoms. The van der Waals surface area contributed by atoms with E-state index >= 15 is 0 Å². The van der Waals surface area contributed by atoms with Crippen molar-refractivity contribution in [2.45, 2.75) is 52.4 Å². The first-order valence-electron chi connectivity index (χ1n) is 6.29. The van der Waals surface area contributed by atoms with Crippen molar-refractivity contribution >= 4 is 11.9 Å². The molecule has 1 saturated carbocycles. The fourth-order valence-electron chi connectivity index (χ4n) is 2.84. The predicted molar refractivity (Wildman–Crippen MR) is 63.7 cm³/mol. The van der Waals surface area contributed by atoms with Crippen LogP contribution in [0.5, 0.6) is 0 Å². The zero-order valence-corrected chi connectivity index (χ0v) is 10.6. The van der Waals surface area contributed by atoms with E-state index in [1.807, 2.05) is 0 Å². The molecule has 2 unspecified atom stereocenters. The molecular weight excluding hydrogens is 220 g/mol. The lowest BCUT2D eigenvalue weighted by atomic mass is 10.0. The van der Waals surface area contributed by atoms with Gasteiger partial charge in [-0.25, -0.2) is 0 Å². The van der Waals surface area contributed by atoms with Gasteiger partial charge in [0.1, 0.15) is 0 Å². The van der Waals surface area contributed by atoms with E-state index in [1.165, 1.54) is 0 Å². The van der Waals surface area contributed by atoms with Crippen molar-refractivity contribution in [3.63, 3.8) is 0 Å². The highest BCUT2D eigenvalue weighted by atomic mass is 16.4. The topological polar surface area (TPSA) is 74.6 Å². The molecule has 98 valence electrons. The van der Waals surface area contributed by atoms with Crippen LogP contribution in [-0.2, 0) is 9.59 Å². The van der Waals surface area contributed by atoms with Crippen molar-refractivity contribution in [2.24, 2.45) is 17.3 Å². The van der Waals surface area contributed by atoms with Gasteiger partial charge in [0.15, 0.2) is 0 Å². The summed E-state index contributed by atoms with van der Waals surface area (Å²) < 4.78 is 0. The number of unbranched alkanes of at least 4 members (excludes halogenated alkanes) is 2. The highest BCUT2D eigenvalue weighted by molar-refractivity contribution is 5.68. The summed E-state index contributed by atoms with van der Waals surface area (Å²) in [5.41, 5.74) is 0.158. The van der Waals surface area contributed by atoms with E-state index in [1.54, 1.807) is 0 Å². The van der Waals surface area contributed by atoms with Gasteiger partial charge in [0.25, 0.3) is 0 Å². The Morgan fingerprint density at radius 1 is 1.00 bits per heavy atom. The van der Waals surface area contributed by atoms with Crippen molar-refractivity contribution < 1.29 is 19.8 Å². The molecular formula is C13H22O4. The molecule has 0 bridgehead atoms. The van der Waals surface area contributed by atoms with Crippen LogP contribution >= 0.6 is 0 Å². The molecule has 2 atom stereocenters. The summed E-state index contributed by atoms with van der Waals surface area (Å²) in [6.45, 7) is 4.26. The third-order valence-corrected chi connectivity index (χ3v) is 4.09. The predicted octanol–water partition coefficient (Wildman–Crippen LogP) is 2.77. The highest BCUT2D eigenvalue weighted by Gasteiger charge is 2.56. The Morgan fingerprint density at radius 2 is 1.65 bits per heavy atom. The van der Waals surface area contributed by atoms with Crippen molar-refractivity contribution in [3.05, 3.63) is 0 Å². The number of hydrogen-bond acceptors (Lipinski definition) is 2. The number of carbonyl (C=O) groups is 2. The van der Waals surface area contributed by atoms with Crippen molar-refractivity contribution in [1.29, 1.82) is 0 Å². The second kappa shape index (κ2) is 5.52. The summed E-state index contributed by atoms with van der Waals surface area (Å²) in [7, 11) is 0. The van der Waals surface area contributed by atoms with Gasteiger partial charge in [-0.1, -0.05) is 26.7 Å². The van der Waals surface area contributed by atoms with Gasteiger partial charge >= 0.3 is 11.9 Å². The number of rotatable bonds is 8. The van der Waals surface area contributed by atoms with Crippen LogP contribution in [0.2, 0.25) is 0 Å². The molecule has 4 nitrogen and oxygen atoms in total. The van der Waals surface area contributed by atoms with Crippen molar-refractivity contribution in [1.82, 2.24) is 0 Å². The zero-order chi connectivity index (χ0) is 13.1. The average molecular weight is 242 g/mol. The Balaban J connectivity index is 2.16. The molecule has 0 aromatic carbocycles. The van der Waals surface area contributed by atoms with E-state index in [2.05, 4.69) is 13.8 Å². The van der Waals surface area contributed by atoms with Gasteiger partial charge in [0.2, 0.25) is 0 Å². The Bertz CT molecular complexity index is 296. The second-order valence-corrected chi connectivity index (χ2v) is 5.63. The quantitative estimate of drug-likeness (QED) is 0.642. The van der Waals surface area contributed by atoms with Crippen LogP contribution in [0.25, 0.3) is 0 Å². The van der Waals surface area contributed by atoms with E-state index < -0.39 is 11.9 Å². The number of aliphatic carboxylic acids is 2. The lowest BCUT2D eigenvalue weighted by molar-refractivity contribution is -0.138. The molecule has 0 saturated heterocycles. The molecule has 1 aliphatic rings. The molecule has 0 aromatic heterocycles. The third kappa shape index (κ3) is 4.02. The highest BCUT2D eigenvalue weighted by Crippen LogP contribution is 2.62. The zero-order valence-electron chi connectivity index (χ0n) is 10.6. The summed E-state index contributed by atoms with van der Waals surface area (Å²) in [6.07, 6.45) is 4.21. The molecule has 2 N–H and O–H groups in total. The Labute approximate surface area is 102 Å². The Hall–Kier alpha value is -1.06. The van der Waals surface area contributed by atoms with Gasteiger partial charge in [0, 0.05) is 12.8 Å². The molecule has 0 heterocycles. The molecule has 0 radical (unpaired) electrons. The number of carboxylic acid groups (broad SMARTS) is 2. The summed E-state index contributed by atoms with van der Waals surface area (Å²) in [6, 6.07) is 0. The first kappa shape index (κ1) is 14.0. The summed E-state index contributed by atoms with van der Waals surface area (Å²) in [5, 5.41) is 17.3. The molecule has 0 aliphatic heterocycles. The van der Waals surface area contributed by atoms with Crippen LogP contribution in [0.4, 0.5) is 0 Å². The van der Waals surface area contributed by atoms with Gasteiger partial charge in [0.05, 0.1) is 0 Å². The molecule has 0 spiro atoms. The summed E-state index contributed by atoms with van der Waals surface area (Å²) in [5.74, 6) is -0.639. The van der Waals surface area contributed by atoms with Gasteiger partial charge in [-0.2, -0.15) is 0 Å². The number of carboxylic acids is 2. The van der Waals surface area contributed by atoms with E-state index in [0.717, 1.165) is 25.7 Å². The largest absolute Gasteiger partial charge is 0.481 e. The second-order valence-electron chi connectivity index (χ2n) is 5.63. The maximum atomic E-state index is 10.7. The fraction of sp³-hybridized carbons (Fsp3) is 0.846. The molecule has 0 amide bonds. The van der Waals surface area contributed by atoms with Crippen molar-refractivity contribution in [3.8, 4) is 0 Å². The maximum Gasteiger partial charge on any atom is 0.303 e. The Kier molecular flexibility index (Phi) is 4.54. The smallest absolute Gasteiger partial charge is 0.303 e. The minimum absolute atomic E-state index is 0.158. The minimum Gasteiger partial charge on any atom is -0.481 e. The van der Waals surface area contributed by atoms with Gasteiger partial charge in [-0.05, 0) is 30.1 Å². The van der Waals surface area contributed by atoms with Crippen LogP contribution in [0.1, 0.15) is 52.4 Å². The number of hydrogen-bond donors (Lipinski definition) is 2. The van der Waals surface area contributed by atoms with E-state index in [4.69, 9.17) is 10.2 Å². The molecule has 17 heavy (non-hydrogen) atoms. The molecule has 1 rings (SSSR count). The van der Waals surface area contributed by atoms with E-state index in [9.17, 15) is 9.59 Å². The van der Waals surface area contributed by atoms with Crippen LogP contribution in [0.15, 0.2) is 0 Å². The molecule has 1 aliphatic carbocycles. The SMILES string of the molecule is CC1(C)C(CCCCCC(=O)O)C1CC(=O)O. The summed E-state index contributed by atoms with van der Waals surface area (Å²) in [4.78, 5) is 21.0. The molecule has 0 aromatic rings. The lowest BCUT2D eigenvalue weighted by Gasteiger charge is -2.02. The molecule has 1 fully saturated rings. The summed E-state index contributed by atoms with van der Waals surface area (Å²) >= 11 is 0. The van der Waals surface area contributed by atoms with Gasteiger partial charge < -0.3 is 10.2 Å². The standard InChI is InChI=1S/C13H22O4/c1-13(2)9(10(13)8-12(16)17)6-4-3-5-7-11(14)15/h9-10H,3-8H2,1-2H3,(H,14,15)(H,16,17). The van der Waals surface area contributed by atoms with E-state index in [-0.39, 0.29) is 18.3 Å². The average Bonchev–Trinajstić information content (AvgIpc) is 2.67. The normalized spacial score (nSPS) is 25.5. The monoisotopic (exact) mass is 242 g/mol. The Morgan fingerprint density at radius 3 is 2.18 bits per heavy atom. The minimum atomic E-state index is -0.736. The van der Waals surface area contributed by atoms with Crippen LogP contribution in [0, 0.1) is 17.3 Å².